The number of rotatable bonds is 4. The van der Waals surface area contributed by atoms with Gasteiger partial charge >= 0.3 is 0 Å². The van der Waals surface area contributed by atoms with E-state index in [4.69, 9.17) is 16.9 Å². The number of nitrogens with one attached hydrogen (secondary N) is 1. The fourth-order valence-electron chi connectivity index (χ4n) is 1.14. The zero-order chi connectivity index (χ0) is 12.0. The van der Waals surface area contributed by atoms with Crippen LogP contribution in [0.3, 0.4) is 0 Å². The molecule has 0 radical (unpaired) electrons. The maximum Gasteiger partial charge on any atom is 0.252 e. The van der Waals surface area contributed by atoms with E-state index >= 15 is 0 Å². The van der Waals surface area contributed by atoms with Crippen molar-refractivity contribution in [2.24, 2.45) is 0 Å². The Morgan fingerprint density at radius 3 is 3.00 bits per heavy atom. The molecule has 0 saturated carbocycles. The van der Waals surface area contributed by atoms with E-state index < -0.39 is 0 Å². The summed E-state index contributed by atoms with van der Waals surface area (Å²) in [6, 6.07) is 7.06. The Bertz CT molecular complexity index is 428. The number of hydrogen-bond acceptors (Lipinski definition) is 2. The van der Waals surface area contributed by atoms with E-state index in [0.717, 1.165) is 0 Å². The van der Waals surface area contributed by atoms with Crippen LogP contribution in [0.1, 0.15) is 23.2 Å². The molecule has 0 fully saturated rings. The molecule has 3 nitrogen and oxygen atoms in total. The second kappa shape index (κ2) is 6.51. The monoisotopic (exact) mass is 300 g/mol. The Morgan fingerprint density at radius 1 is 1.56 bits per heavy atom. The number of unbranched alkanes of at least 4 members (excludes halogenated alkanes) is 1. The average Bonchev–Trinajstić information content (AvgIpc) is 2.27. The fraction of sp³-hybridized carbons (Fsp3) is 0.273. The standard InChI is InChI=1S/C11H10BrClN2O/c12-10-4-3-8(13)7-9(10)11(16)15-6-2-1-5-14/h3-4,7H,1-2,6H2,(H,15,16). The summed E-state index contributed by atoms with van der Waals surface area (Å²) in [6.07, 6.45) is 1.09. The van der Waals surface area contributed by atoms with Gasteiger partial charge < -0.3 is 5.32 Å². The SMILES string of the molecule is N#CCCCNC(=O)c1cc(Cl)ccc1Br. The zero-order valence-corrected chi connectivity index (χ0v) is 10.8. The van der Waals surface area contributed by atoms with Gasteiger partial charge in [-0.2, -0.15) is 5.26 Å². The first-order valence-corrected chi connectivity index (χ1v) is 5.92. The first kappa shape index (κ1) is 13.0. The van der Waals surface area contributed by atoms with E-state index in [-0.39, 0.29) is 5.91 Å². The summed E-state index contributed by atoms with van der Waals surface area (Å²) in [7, 11) is 0. The maximum atomic E-state index is 11.7. The molecular formula is C11H10BrClN2O. The summed E-state index contributed by atoms with van der Waals surface area (Å²) in [5.74, 6) is -0.188. The van der Waals surface area contributed by atoms with Crippen molar-refractivity contribution in [1.29, 1.82) is 5.26 Å². The highest BCUT2D eigenvalue weighted by atomic mass is 79.9. The van der Waals surface area contributed by atoms with Crippen molar-refractivity contribution in [3.63, 3.8) is 0 Å². The molecular weight excluding hydrogens is 291 g/mol. The number of benzene rings is 1. The third-order valence-corrected chi connectivity index (χ3v) is 2.85. The molecule has 1 aromatic carbocycles. The van der Waals surface area contributed by atoms with Gasteiger partial charge in [0.2, 0.25) is 0 Å². The molecule has 0 aliphatic heterocycles. The lowest BCUT2D eigenvalue weighted by Gasteiger charge is -2.06. The number of amides is 1. The van der Waals surface area contributed by atoms with Crippen LogP contribution in [0.4, 0.5) is 0 Å². The molecule has 1 aromatic rings. The van der Waals surface area contributed by atoms with Crippen LogP contribution in [-0.2, 0) is 0 Å². The van der Waals surface area contributed by atoms with Gasteiger partial charge in [-0.25, -0.2) is 0 Å². The van der Waals surface area contributed by atoms with Crippen molar-refractivity contribution in [3.05, 3.63) is 33.3 Å². The molecule has 1 amide bonds. The lowest BCUT2D eigenvalue weighted by atomic mass is 10.2. The lowest BCUT2D eigenvalue weighted by Crippen LogP contribution is -2.24. The van der Waals surface area contributed by atoms with E-state index in [2.05, 4.69) is 21.2 Å². The molecule has 0 atom stereocenters. The highest BCUT2D eigenvalue weighted by molar-refractivity contribution is 9.10. The number of hydrogen-bond donors (Lipinski definition) is 1. The average molecular weight is 302 g/mol. The van der Waals surface area contributed by atoms with Gasteiger partial charge in [0.05, 0.1) is 11.6 Å². The molecule has 0 aliphatic carbocycles. The number of nitriles is 1. The van der Waals surface area contributed by atoms with Crippen LogP contribution in [0.5, 0.6) is 0 Å². The van der Waals surface area contributed by atoms with Gasteiger partial charge in [-0.3, -0.25) is 4.79 Å². The fourth-order valence-corrected chi connectivity index (χ4v) is 1.73. The second-order valence-electron chi connectivity index (χ2n) is 3.14. The minimum Gasteiger partial charge on any atom is -0.352 e. The van der Waals surface area contributed by atoms with Gasteiger partial charge in [-0.15, -0.1) is 0 Å². The second-order valence-corrected chi connectivity index (χ2v) is 4.43. The topological polar surface area (TPSA) is 52.9 Å². The summed E-state index contributed by atoms with van der Waals surface area (Å²) >= 11 is 9.08. The van der Waals surface area contributed by atoms with E-state index in [1.807, 2.05) is 6.07 Å². The Morgan fingerprint density at radius 2 is 2.31 bits per heavy atom. The molecule has 0 unspecified atom stereocenters. The van der Waals surface area contributed by atoms with Crippen LogP contribution in [0.25, 0.3) is 0 Å². The summed E-state index contributed by atoms with van der Waals surface area (Å²) in [6.45, 7) is 0.491. The smallest absolute Gasteiger partial charge is 0.252 e. The van der Waals surface area contributed by atoms with Crippen LogP contribution in [0.2, 0.25) is 5.02 Å². The van der Waals surface area contributed by atoms with E-state index in [1.54, 1.807) is 18.2 Å². The molecule has 1 N–H and O–H groups in total. The van der Waals surface area contributed by atoms with E-state index in [9.17, 15) is 4.79 Å². The molecule has 0 aromatic heterocycles. The quantitative estimate of drug-likeness (QED) is 0.869. The van der Waals surface area contributed by atoms with Gasteiger partial charge in [-0.1, -0.05) is 11.6 Å². The minimum absolute atomic E-state index is 0.188. The predicted octanol–water partition coefficient (Wildman–Crippen LogP) is 3.14. The van der Waals surface area contributed by atoms with Crippen LogP contribution >= 0.6 is 27.5 Å². The highest BCUT2D eigenvalue weighted by Gasteiger charge is 2.09. The molecule has 5 heteroatoms. The van der Waals surface area contributed by atoms with Crippen LogP contribution < -0.4 is 5.32 Å². The third kappa shape index (κ3) is 3.84. The number of nitrogens with zero attached hydrogens (tertiary/aromatic N) is 1. The normalized spacial score (nSPS) is 9.56. The molecule has 1 rings (SSSR count). The molecule has 0 bridgehead atoms. The molecule has 0 saturated heterocycles. The van der Waals surface area contributed by atoms with Gasteiger partial charge in [0.15, 0.2) is 0 Å². The molecule has 0 spiro atoms. The number of carbonyl (C=O) groups is 1. The summed E-state index contributed by atoms with van der Waals surface area (Å²) in [5, 5.41) is 11.6. The van der Waals surface area contributed by atoms with Crippen molar-refractivity contribution in [1.82, 2.24) is 5.32 Å². The first-order valence-electron chi connectivity index (χ1n) is 4.75. The van der Waals surface area contributed by atoms with Crippen LogP contribution in [0.15, 0.2) is 22.7 Å². The Hall–Kier alpha value is -1.05. The zero-order valence-electron chi connectivity index (χ0n) is 8.46. The molecule has 84 valence electrons. The van der Waals surface area contributed by atoms with Gasteiger partial charge in [-0.05, 0) is 40.5 Å². The van der Waals surface area contributed by atoms with Crippen molar-refractivity contribution in [2.45, 2.75) is 12.8 Å². The highest BCUT2D eigenvalue weighted by Crippen LogP contribution is 2.20. The summed E-state index contributed by atoms with van der Waals surface area (Å²) in [5.41, 5.74) is 0.504. The lowest BCUT2D eigenvalue weighted by molar-refractivity contribution is 0.0952. The van der Waals surface area contributed by atoms with Gasteiger partial charge in [0, 0.05) is 22.5 Å². The summed E-state index contributed by atoms with van der Waals surface area (Å²) < 4.78 is 0.703. The first-order chi connectivity index (χ1) is 7.65. The minimum atomic E-state index is -0.188. The molecule has 0 aliphatic rings. The third-order valence-electron chi connectivity index (χ3n) is 1.92. The van der Waals surface area contributed by atoms with Crippen LogP contribution in [0, 0.1) is 11.3 Å². The largest absolute Gasteiger partial charge is 0.352 e. The Labute approximate surface area is 108 Å². The van der Waals surface area contributed by atoms with Crippen molar-refractivity contribution < 1.29 is 4.79 Å². The molecule has 16 heavy (non-hydrogen) atoms. The van der Waals surface area contributed by atoms with Crippen molar-refractivity contribution in [3.8, 4) is 6.07 Å². The van der Waals surface area contributed by atoms with E-state index in [0.29, 0.717) is 34.4 Å². The number of carbonyl (C=O) groups excluding carboxylic acids is 1. The Kier molecular flexibility index (Phi) is 5.30. The Balaban J connectivity index is 2.59. The van der Waals surface area contributed by atoms with Gasteiger partial charge in [0.25, 0.3) is 5.91 Å². The number of halogens is 2. The van der Waals surface area contributed by atoms with Crippen molar-refractivity contribution in [2.75, 3.05) is 6.54 Å². The summed E-state index contributed by atoms with van der Waals surface area (Å²) in [4.78, 5) is 11.7. The van der Waals surface area contributed by atoms with Crippen molar-refractivity contribution >= 4 is 33.4 Å². The van der Waals surface area contributed by atoms with Gasteiger partial charge in [0.1, 0.15) is 0 Å². The predicted molar refractivity (Wildman–Crippen MR) is 66.3 cm³/mol. The molecule has 0 heterocycles. The van der Waals surface area contributed by atoms with Crippen LogP contribution in [-0.4, -0.2) is 12.5 Å². The maximum absolute atomic E-state index is 11.7. The van der Waals surface area contributed by atoms with E-state index in [1.165, 1.54) is 0 Å².